The average Bonchev–Trinajstić information content (AvgIpc) is 0. The Bertz CT molecular complexity index is 11.6. The molecule has 41 valence electrons. The maximum Gasteiger partial charge on any atom is 0 e. The van der Waals surface area contributed by atoms with E-state index in [2.05, 4.69) is 0 Å². The molecule has 0 aliphatic rings. The molecule has 0 rings (SSSR count). The fraction of sp³-hybridized carbons (Fsp3) is 0. The molecule has 0 aliphatic carbocycles. The molecule has 0 aliphatic heterocycles. The molecule has 0 heterocycles. The van der Waals surface area contributed by atoms with Crippen molar-refractivity contribution in [3.05, 3.63) is 7.43 Å². The van der Waals surface area contributed by atoms with Gasteiger partial charge in [-0.15, -0.1) is 0 Å². The van der Waals surface area contributed by atoms with Crippen LogP contribution in [0.25, 0.3) is 0 Å². The second-order valence-corrected chi connectivity index (χ2v) is 0. The Morgan fingerprint density at radius 3 is 1.00 bits per heavy atom. The zero-order valence-corrected chi connectivity index (χ0v) is 7.55. The summed E-state index contributed by atoms with van der Waals surface area (Å²) >= 11 is 0. The van der Waals surface area contributed by atoms with Crippen LogP contribution >= 0.6 is 0 Å². The minimum atomic E-state index is 0. The van der Waals surface area contributed by atoms with Crippen LogP contribution < -0.4 is 0 Å². The summed E-state index contributed by atoms with van der Waals surface area (Å²) in [7, 11) is 0. The van der Waals surface area contributed by atoms with Gasteiger partial charge in [0.05, 0.1) is 0 Å². The Labute approximate surface area is 78.1 Å². The summed E-state index contributed by atoms with van der Waals surface area (Å²) in [4.78, 5) is 0. The van der Waals surface area contributed by atoms with Crippen LogP contribution in [0.1, 0.15) is 0 Å². The Balaban J connectivity index is 0. The van der Waals surface area contributed by atoms with E-state index in [4.69, 9.17) is 0 Å². The second-order valence-electron chi connectivity index (χ2n) is 0. The Kier molecular flexibility index (Phi) is 394. The van der Waals surface area contributed by atoms with Crippen molar-refractivity contribution in [2.75, 3.05) is 0 Å². The van der Waals surface area contributed by atoms with Crippen LogP contribution in [-0.4, -0.2) is 0 Å². The first-order valence-corrected chi connectivity index (χ1v) is 0. The van der Waals surface area contributed by atoms with Crippen molar-refractivity contribution in [2.45, 2.75) is 0 Å². The minimum absolute atomic E-state index is 0. The van der Waals surface area contributed by atoms with Gasteiger partial charge in [0.15, 0.2) is 0 Å². The molecule has 0 spiro atoms. The molecule has 0 aromatic carbocycles. The first-order chi connectivity index (χ1) is 0. The molecule has 4 heteroatoms. The molecule has 0 amide bonds. The summed E-state index contributed by atoms with van der Waals surface area (Å²) in [6, 6.07) is 0. The SMILES string of the molecule is [CH3-].[Co].[Fe].[Mo].[Ni]. The van der Waals surface area contributed by atoms with Gasteiger partial charge in [-0.1, -0.05) is 0 Å². The van der Waals surface area contributed by atoms with E-state index in [1.54, 1.807) is 0 Å². The molecule has 0 saturated heterocycles. The van der Waals surface area contributed by atoms with E-state index in [1.165, 1.54) is 0 Å². The molecule has 0 N–H and O–H groups in total. The monoisotopic (exact) mass is 286 g/mol. The maximum absolute atomic E-state index is 0. The van der Waals surface area contributed by atoms with Gasteiger partial charge in [0.1, 0.15) is 0 Å². The van der Waals surface area contributed by atoms with Crippen LogP contribution in [0.4, 0.5) is 0 Å². The van der Waals surface area contributed by atoms with Crippen molar-refractivity contribution in [1.29, 1.82) is 0 Å². The zero-order chi connectivity index (χ0) is 0. The van der Waals surface area contributed by atoms with Crippen molar-refractivity contribution in [2.24, 2.45) is 0 Å². The third kappa shape index (κ3) is 22.5. The van der Waals surface area contributed by atoms with Crippen molar-refractivity contribution in [1.82, 2.24) is 0 Å². The number of rotatable bonds is 0. The van der Waals surface area contributed by atoms with Crippen molar-refractivity contribution >= 4 is 0 Å². The largest absolute Gasteiger partial charge is 0.358 e. The van der Waals surface area contributed by atoms with Crippen LogP contribution in [-0.2, 0) is 71.4 Å². The van der Waals surface area contributed by atoms with Crippen LogP contribution in [0, 0.1) is 7.43 Å². The van der Waals surface area contributed by atoms with Crippen LogP contribution in [0.15, 0.2) is 0 Å². The van der Waals surface area contributed by atoms with E-state index in [0.717, 1.165) is 0 Å². The minimum Gasteiger partial charge on any atom is -0.358 e. The van der Waals surface area contributed by atoms with Crippen molar-refractivity contribution < 1.29 is 71.4 Å². The summed E-state index contributed by atoms with van der Waals surface area (Å²) in [5.41, 5.74) is 0. The Hall–Kier alpha value is 2.21. The van der Waals surface area contributed by atoms with Gasteiger partial charge in [-0.3, -0.25) is 0 Å². The molecule has 1 radical (unpaired) electrons. The van der Waals surface area contributed by atoms with Crippen LogP contribution in [0.2, 0.25) is 0 Å². The first-order valence-electron chi connectivity index (χ1n) is 0. The second kappa shape index (κ2) is 34.5. The average molecular weight is 284 g/mol. The third-order valence-corrected chi connectivity index (χ3v) is 0. The summed E-state index contributed by atoms with van der Waals surface area (Å²) in [6.45, 7) is 0. The fourth-order valence-electron chi connectivity index (χ4n) is 0. The summed E-state index contributed by atoms with van der Waals surface area (Å²) in [5, 5.41) is 0. The topological polar surface area (TPSA) is 0 Å². The molecular weight excluding hydrogens is 281 g/mol. The predicted octanol–water partition coefficient (Wildman–Crippen LogP) is 0.440. The van der Waals surface area contributed by atoms with Crippen molar-refractivity contribution in [3.8, 4) is 0 Å². The molecule has 0 saturated carbocycles. The van der Waals surface area contributed by atoms with E-state index in [-0.39, 0.29) is 78.8 Å². The Morgan fingerprint density at radius 2 is 1.00 bits per heavy atom. The molecule has 5 heavy (non-hydrogen) atoms. The third-order valence-electron chi connectivity index (χ3n) is 0. The van der Waals surface area contributed by atoms with E-state index in [9.17, 15) is 0 Å². The molecule has 0 bridgehead atoms. The smallest absolute Gasteiger partial charge is 0 e. The number of hydrogen-bond donors (Lipinski definition) is 0. The quantitative estimate of drug-likeness (QED) is 0.447. The zero-order valence-electron chi connectivity index (χ0n) is 2.41. The Morgan fingerprint density at radius 1 is 1.00 bits per heavy atom. The first kappa shape index (κ1) is 57.0. The molecule has 0 fully saturated rings. The normalized spacial score (nSPS) is 0. The molecule has 0 atom stereocenters. The van der Waals surface area contributed by atoms with E-state index >= 15 is 0 Å². The van der Waals surface area contributed by atoms with Gasteiger partial charge in [-0.25, -0.2) is 0 Å². The molecule has 0 nitrogen and oxygen atoms in total. The van der Waals surface area contributed by atoms with E-state index in [1.807, 2.05) is 0 Å². The number of hydrogen-bond acceptors (Lipinski definition) is 0. The molecule has 0 aromatic heterocycles. The van der Waals surface area contributed by atoms with Gasteiger partial charge < -0.3 is 7.43 Å². The summed E-state index contributed by atoms with van der Waals surface area (Å²) in [6.07, 6.45) is 0. The standard InChI is InChI=1S/CH3.Co.Fe.Mo.Ni/h1H3;;;;/q-1;;;;. The van der Waals surface area contributed by atoms with Gasteiger partial charge in [-0.2, -0.15) is 0 Å². The molecule has 0 unspecified atom stereocenters. The van der Waals surface area contributed by atoms with Gasteiger partial charge in [0.25, 0.3) is 0 Å². The van der Waals surface area contributed by atoms with E-state index in [0.29, 0.717) is 0 Å². The van der Waals surface area contributed by atoms with Crippen molar-refractivity contribution in [3.63, 3.8) is 0 Å². The van der Waals surface area contributed by atoms with Gasteiger partial charge >= 0.3 is 0 Å². The van der Waals surface area contributed by atoms with E-state index < -0.39 is 0 Å². The molecule has 0 aromatic rings. The summed E-state index contributed by atoms with van der Waals surface area (Å²) < 4.78 is 0. The molecular formula is CH3CoFeMoNi-. The van der Waals surface area contributed by atoms with Crippen LogP contribution in [0.5, 0.6) is 0 Å². The van der Waals surface area contributed by atoms with Gasteiger partial charge in [0.2, 0.25) is 0 Å². The van der Waals surface area contributed by atoms with Crippen LogP contribution in [0.3, 0.4) is 0 Å². The van der Waals surface area contributed by atoms with Gasteiger partial charge in [0, 0.05) is 71.4 Å². The predicted molar refractivity (Wildman–Crippen MR) is 6.41 cm³/mol. The maximum atomic E-state index is 0. The summed E-state index contributed by atoms with van der Waals surface area (Å²) in [5.74, 6) is 0. The van der Waals surface area contributed by atoms with Gasteiger partial charge in [-0.05, 0) is 0 Å². The fourth-order valence-corrected chi connectivity index (χ4v) is 0.